The van der Waals surface area contributed by atoms with Crippen LogP contribution in [0.1, 0.15) is 38.2 Å². The van der Waals surface area contributed by atoms with Crippen molar-refractivity contribution in [2.45, 2.75) is 56.9 Å². The van der Waals surface area contributed by atoms with Gasteiger partial charge in [0.05, 0.1) is 17.0 Å². The maximum absolute atomic E-state index is 16.8. The Balaban J connectivity index is 1.48. The second-order valence-corrected chi connectivity index (χ2v) is 11.4. The third-order valence-corrected chi connectivity index (χ3v) is 9.02. The van der Waals surface area contributed by atoms with Crippen LogP contribution < -0.4 is 14.4 Å². The number of halogens is 2. The Kier molecular flexibility index (Phi) is 5.94. The number of rotatable bonds is 4. The maximum Gasteiger partial charge on any atom is 0.319 e. The summed E-state index contributed by atoms with van der Waals surface area (Å²) >= 11 is 0. The molecule has 7 nitrogen and oxygen atoms in total. The summed E-state index contributed by atoms with van der Waals surface area (Å²) < 4.78 is 44.3. The lowest BCUT2D eigenvalue weighted by molar-refractivity contribution is 0.0946. The second-order valence-electron chi connectivity index (χ2n) is 11.4. The van der Waals surface area contributed by atoms with Gasteiger partial charge >= 0.3 is 6.01 Å². The molecule has 4 atom stereocenters. The van der Waals surface area contributed by atoms with Gasteiger partial charge in [-0.15, -0.1) is 6.42 Å². The fraction of sp³-hybridized carbons (Fsp3) is 0.375. The fourth-order valence-electron chi connectivity index (χ4n) is 6.71. The zero-order valence-electron chi connectivity index (χ0n) is 23.1. The van der Waals surface area contributed by atoms with E-state index in [0.717, 1.165) is 32.2 Å². The monoisotopic (exact) mass is 556 g/mol. The van der Waals surface area contributed by atoms with Gasteiger partial charge in [-0.05, 0) is 81.4 Å². The Hall–Kier alpha value is -4.16. The largest absolute Gasteiger partial charge is 0.508 e. The van der Waals surface area contributed by atoms with Gasteiger partial charge in [0, 0.05) is 24.0 Å². The van der Waals surface area contributed by atoms with Gasteiger partial charge in [-0.25, -0.2) is 8.78 Å². The molecule has 0 radical (unpaired) electrons. The Bertz CT molecular complexity index is 1770. The van der Waals surface area contributed by atoms with E-state index >= 15 is 4.39 Å². The quantitative estimate of drug-likeness (QED) is 0.327. The van der Waals surface area contributed by atoms with Crippen LogP contribution in [0, 0.1) is 24.0 Å². The first-order valence-electron chi connectivity index (χ1n) is 14.0. The predicted molar refractivity (Wildman–Crippen MR) is 154 cm³/mol. The highest BCUT2D eigenvalue weighted by molar-refractivity contribution is 6.05. The van der Waals surface area contributed by atoms with Gasteiger partial charge in [0.1, 0.15) is 40.9 Å². The smallest absolute Gasteiger partial charge is 0.319 e. The van der Waals surface area contributed by atoms with E-state index in [2.05, 4.69) is 22.9 Å². The van der Waals surface area contributed by atoms with Gasteiger partial charge in [0.15, 0.2) is 5.82 Å². The molecule has 1 aliphatic carbocycles. The molecule has 4 aromatic rings. The number of phenols is 1. The number of anilines is 1. The number of hydrogen-bond donors (Lipinski definition) is 1. The Morgan fingerprint density at radius 2 is 1.93 bits per heavy atom. The molecule has 3 heterocycles. The van der Waals surface area contributed by atoms with Crippen molar-refractivity contribution in [3.05, 3.63) is 47.5 Å². The lowest BCUT2D eigenvalue weighted by atomic mass is 9.88. The van der Waals surface area contributed by atoms with E-state index in [0.29, 0.717) is 27.7 Å². The molecular weight excluding hydrogens is 526 g/mol. The third kappa shape index (κ3) is 3.96. The summed E-state index contributed by atoms with van der Waals surface area (Å²) in [5.41, 5.74) is 0.366. The minimum atomic E-state index is -0.659. The van der Waals surface area contributed by atoms with Gasteiger partial charge in [0.2, 0.25) is 0 Å². The number of terminal acetylenes is 1. The molecule has 3 aliphatic rings. The Morgan fingerprint density at radius 3 is 2.63 bits per heavy atom. The number of benzene rings is 3. The van der Waals surface area contributed by atoms with E-state index in [4.69, 9.17) is 20.9 Å². The number of ether oxygens (including phenoxy) is 2. The average molecular weight is 557 g/mol. The standard InChI is InChI=1S/C32H30F2N4O3/c1-5-19-22(33)9-8-17-13-18(39)14-20(27(17)19)21-15-26-28-30(29(21)34)35-32(40-16(2)23-7-6-12-37(23)3)36-31(28)38(4)24-10-11-25(24)41-26/h1,8-9,13-16,23-25,39H,6-7,10-12H2,2-4H3/t16-,23-,24-,25+/m0/s1. The number of likely N-dealkylation sites (tertiary alicyclic amines) is 1. The molecule has 9 heteroatoms. The van der Waals surface area contributed by atoms with Crippen LogP contribution in [0.3, 0.4) is 0 Å². The highest BCUT2D eigenvalue weighted by Crippen LogP contribution is 2.47. The number of nitrogens with zero attached hydrogens (tertiary/aromatic N) is 4. The number of hydrogen-bond acceptors (Lipinski definition) is 7. The van der Waals surface area contributed by atoms with E-state index in [1.807, 2.05) is 18.9 Å². The van der Waals surface area contributed by atoms with Crippen LogP contribution in [-0.2, 0) is 0 Å². The van der Waals surface area contributed by atoms with Gasteiger partial charge < -0.3 is 19.5 Å². The first-order chi connectivity index (χ1) is 19.7. The first kappa shape index (κ1) is 25.8. The molecule has 3 aromatic carbocycles. The fourth-order valence-corrected chi connectivity index (χ4v) is 6.71. The molecule has 0 unspecified atom stereocenters. The molecule has 0 spiro atoms. The molecule has 2 aliphatic heterocycles. The minimum Gasteiger partial charge on any atom is -0.508 e. The molecule has 1 saturated heterocycles. The van der Waals surface area contributed by atoms with Gasteiger partial charge in [-0.2, -0.15) is 9.97 Å². The number of likely N-dealkylation sites (N-methyl/N-ethyl adjacent to an activating group) is 2. The lowest BCUT2D eigenvalue weighted by Gasteiger charge is -2.40. The molecule has 0 bridgehead atoms. The molecule has 0 amide bonds. The van der Waals surface area contributed by atoms with Gasteiger partial charge in [0.25, 0.3) is 0 Å². The van der Waals surface area contributed by atoms with Crippen molar-refractivity contribution in [2.24, 2.45) is 0 Å². The van der Waals surface area contributed by atoms with E-state index in [1.165, 1.54) is 24.3 Å². The molecule has 41 heavy (non-hydrogen) atoms. The number of phenolic OH excluding ortho intramolecular Hbond substituents is 1. The lowest BCUT2D eigenvalue weighted by Crippen LogP contribution is -2.51. The van der Waals surface area contributed by atoms with E-state index in [-0.39, 0.29) is 58.3 Å². The molecular formula is C32H30F2N4O3. The van der Waals surface area contributed by atoms with Crippen LogP contribution in [0.2, 0.25) is 0 Å². The highest BCUT2D eigenvalue weighted by atomic mass is 19.1. The van der Waals surface area contributed by atoms with E-state index in [9.17, 15) is 9.50 Å². The van der Waals surface area contributed by atoms with E-state index < -0.39 is 11.6 Å². The summed E-state index contributed by atoms with van der Waals surface area (Å²) in [5.74, 6) is 2.01. The van der Waals surface area contributed by atoms with E-state index in [1.54, 1.807) is 6.07 Å². The van der Waals surface area contributed by atoms with Crippen LogP contribution in [0.5, 0.6) is 17.5 Å². The third-order valence-electron chi connectivity index (χ3n) is 9.02. The number of aromatic hydroxyl groups is 1. The normalized spacial score (nSPS) is 22.5. The minimum absolute atomic E-state index is 0.00974. The second kappa shape index (κ2) is 9.45. The van der Waals surface area contributed by atoms with Crippen molar-refractivity contribution in [3.8, 4) is 41.0 Å². The summed E-state index contributed by atoms with van der Waals surface area (Å²) in [6.45, 7) is 2.98. The van der Waals surface area contributed by atoms with Crippen molar-refractivity contribution in [3.63, 3.8) is 0 Å². The highest BCUT2D eigenvalue weighted by Gasteiger charge is 2.41. The van der Waals surface area contributed by atoms with Crippen LogP contribution in [-0.4, -0.2) is 64.9 Å². The topological polar surface area (TPSA) is 71.0 Å². The van der Waals surface area contributed by atoms with Crippen LogP contribution in [0.25, 0.3) is 32.8 Å². The van der Waals surface area contributed by atoms with Crippen molar-refractivity contribution in [1.82, 2.24) is 14.9 Å². The summed E-state index contributed by atoms with van der Waals surface area (Å²) in [4.78, 5) is 13.7. The van der Waals surface area contributed by atoms with Crippen molar-refractivity contribution in [1.29, 1.82) is 0 Å². The van der Waals surface area contributed by atoms with Crippen LogP contribution in [0.15, 0.2) is 30.3 Å². The Labute approximate surface area is 236 Å². The number of fused-ring (bicyclic) bond motifs is 2. The SMILES string of the molecule is C#Cc1c(F)ccc2cc(O)cc(-c3cc4c5c(nc(O[C@@H](C)[C@@H]6CCCN6C)nc5c3F)N(C)[C@H]3CC[C@H]3O4)c12. The summed E-state index contributed by atoms with van der Waals surface area (Å²) in [6.07, 6.45) is 9.23. The summed E-state index contributed by atoms with van der Waals surface area (Å²) in [5, 5.41) is 11.8. The van der Waals surface area contributed by atoms with Gasteiger partial charge in [-0.3, -0.25) is 4.90 Å². The molecule has 7 rings (SSSR count). The molecule has 1 aromatic heterocycles. The summed E-state index contributed by atoms with van der Waals surface area (Å²) in [7, 11) is 4.01. The zero-order valence-corrected chi connectivity index (χ0v) is 23.1. The number of aromatic nitrogens is 2. The van der Waals surface area contributed by atoms with Crippen LogP contribution >= 0.6 is 0 Å². The molecule has 210 valence electrons. The van der Waals surface area contributed by atoms with Crippen molar-refractivity contribution < 1.29 is 23.4 Å². The zero-order chi connectivity index (χ0) is 28.6. The van der Waals surface area contributed by atoms with Crippen molar-refractivity contribution >= 4 is 27.5 Å². The van der Waals surface area contributed by atoms with Crippen LogP contribution in [0.4, 0.5) is 14.6 Å². The summed E-state index contributed by atoms with van der Waals surface area (Å²) in [6, 6.07) is 7.58. The van der Waals surface area contributed by atoms with Gasteiger partial charge in [-0.1, -0.05) is 12.0 Å². The first-order valence-corrected chi connectivity index (χ1v) is 14.0. The molecule has 2 fully saturated rings. The maximum atomic E-state index is 16.8. The molecule has 1 saturated carbocycles. The van der Waals surface area contributed by atoms with Crippen molar-refractivity contribution in [2.75, 3.05) is 25.5 Å². The Morgan fingerprint density at radius 1 is 1.10 bits per heavy atom. The predicted octanol–water partition coefficient (Wildman–Crippen LogP) is 5.64. The average Bonchev–Trinajstić information content (AvgIpc) is 3.34. The molecule has 1 N–H and O–H groups in total.